The molecule has 0 atom stereocenters. The van der Waals surface area contributed by atoms with E-state index >= 15 is 0 Å². The van der Waals surface area contributed by atoms with E-state index in [1.165, 1.54) is 31.1 Å². The van der Waals surface area contributed by atoms with Crippen molar-refractivity contribution in [3.05, 3.63) is 59.4 Å². The molecule has 0 radical (unpaired) electrons. The zero-order valence-corrected chi connectivity index (χ0v) is 13.8. The molecule has 1 N–H and O–H groups in total. The first kappa shape index (κ1) is 17.5. The number of ether oxygens (including phenoxy) is 1. The minimum Gasteiger partial charge on any atom is -0.494 e. The molecule has 0 bridgehead atoms. The lowest BCUT2D eigenvalue weighted by molar-refractivity contribution is -0.114. The third-order valence-corrected chi connectivity index (χ3v) is 3.43. The number of amides is 2. The zero-order valence-electron chi connectivity index (χ0n) is 13.8. The van der Waals surface area contributed by atoms with Gasteiger partial charge in [-0.25, -0.2) is 4.39 Å². The van der Waals surface area contributed by atoms with Gasteiger partial charge in [-0.15, -0.1) is 0 Å². The number of carbonyl (C=O) groups is 2. The van der Waals surface area contributed by atoms with E-state index in [4.69, 9.17) is 4.74 Å². The third kappa shape index (κ3) is 4.32. The molecule has 2 amide bonds. The minimum atomic E-state index is -0.462. The van der Waals surface area contributed by atoms with Crippen molar-refractivity contribution in [1.82, 2.24) is 4.90 Å². The molecule has 0 saturated heterocycles. The number of halogens is 1. The number of nitrogens with one attached hydrogen (secondary N) is 1. The molecular formula is C18H19FN2O3. The van der Waals surface area contributed by atoms with Crippen LogP contribution in [0.5, 0.6) is 5.75 Å². The first-order valence-electron chi connectivity index (χ1n) is 7.36. The molecule has 0 aliphatic rings. The molecule has 0 saturated carbocycles. The maximum absolute atomic E-state index is 13.7. The molecular weight excluding hydrogens is 311 g/mol. The Hall–Kier alpha value is -2.89. The van der Waals surface area contributed by atoms with Gasteiger partial charge in [-0.1, -0.05) is 6.07 Å². The smallest absolute Gasteiger partial charge is 0.253 e. The molecule has 2 aromatic rings. The summed E-state index contributed by atoms with van der Waals surface area (Å²) in [6.45, 7) is 1.69. The van der Waals surface area contributed by atoms with Gasteiger partial charge >= 0.3 is 0 Å². The average Bonchev–Trinajstić information content (AvgIpc) is 2.54. The molecule has 0 spiro atoms. The van der Waals surface area contributed by atoms with Gasteiger partial charge in [0.1, 0.15) is 0 Å². The van der Waals surface area contributed by atoms with Crippen LogP contribution in [0.25, 0.3) is 0 Å². The molecule has 24 heavy (non-hydrogen) atoms. The van der Waals surface area contributed by atoms with Gasteiger partial charge in [0.05, 0.1) is 7.11 Å². The average molecular weight is 330 g/mol. The van der Waals surface area contributed by atoms with E-state index in [1.54, 1.807) is 37.4 Å². The van der Waals surface area contributed by atoms with Crippen molar-refractivity contribution >= 4 is 17.5 Å². The van der Waals surface area contributed by atoms with E-state index in [2.05, 4.69) is 5.32 Å². The van der Waals surface area contributed by atoms with Gasteiger partial charge in [-0.2, -0.15) is 0 Å². The number of carbonyl (C=O) groups excluding carboxylic acids is 2. The monoisotopic (exact) mass is 330 g/mol. The normalized spacial score (nSPS) is 10.2. The van der Waals surface area contributed by atoms with Crippen molar-refractivity contribution < 1.29 is 18.7 Å². The van der Waals surface area contributed by atoms with Crippen LogP contribution in [-0.2, 0) is 11.3 Å². The number of rotatable bonds is 5. The number of hydrogen-bond acceptors (Lipinski definition) is 3. The quantitative estimate of drug-likeness (QED) is 0.916. The second kappa shape index (κ2) is 7.59. The van der Waals surface area contributed by atoms with Gasteiger partial charge in [0, 0.05) is 31.8 Å². The lowest BCUT2D eigenvalue weighted by atomic mass is 10.1. The van der Waals surface area contributed by atoms with Crippen LogP contribution < -0.4 is 10.1 Å². The summed E-state index contributed by atoms with van der Waals surface area (Å²) in [5.41, 5.74) is 1.78. The van der Waals surface area contributed by atoms with E-state index in [0.29, 0.717) is 16.8 Å². The van der Waals surface area contributed by atoms with Crippen LogP contribution in [0.1, 0.15) is 22.8 Å². The van der Waals surface area contributed by atoms with Crippen molar-refractivity contribution in [1.29, 1.82) is 0 Å². The van der Waals surface area contributed by atoms with E-state index < -0.39 is 5.82 Å². The minimum absolute atomic E-state index is 0.168. The Morgan fingerprint density at radius 1 is 1.17 bits per heavy atom. The Morgan fingerprint density at radius 2 is 1.83 bits per heavy atom. The SMILES string of the molecule is COc1ccc(CN(C)C(=O)c2ccc(NC(C)=O)cc2)cc1F. The Morgan fingerprint density at radius 3 is 2.38 bits per heavy atom. The van der Waals surface area contributed by atoms with Gasteiger partial charge in [0.15, 0.2) is 11.6 Å². The van der Waals surface area contributed by atoms with Crippen molar-refractivity contribution in [2.75, 3.05) is 19.5 Å². The van der Waals surface area contributed by atoms with Crippen molar-refractivity contribution in [2.24, 2.45) is 0 Å². The van der Waals surface area contributed by atoms with E-state index in [-0.39, 0.29) is 24.1 Å². The Kier molecular flexibility index (Phi) is 5.52. The Balaban J connectivity index is 2.06. The van der Waals surface area contributed by atoms with Crippen molar-refractivity contribution in [3.8, 4) is 5.75 Å². The number of benzene rings is 2. The highest BCUT2D eigenvalue weighted by atomic mass is 19.1. The molecule has 0 fully saturated rings. The summed E-state index contributed by atoms with van der Waals surface area (Å²) in [7, 11) is 3.05. The van der Waals surface area contributed by atoms with Gasteiger partial charge in [0.25, 0.3) is 5.91 Å². The fourth-order valence-electron chi connectivity index (χ4n) is 2.27. The van der Waals surface area contributed by atoms with Crippen LogP contribution in [-0.4, -0.2) is 30.9 Å². The molecule has 0 unspecified atom stereocenters. The fourth-order valence-corrected chi connectivity index (χ4v) is 2.27. The van der Waals surface area contributed by atoms with E-state index in [1.807, 2.05) is 0 Å². The molecule has 2 rings (SSSR count). The summed E-state index contributed by atoms with van der Waals surface area (Å²) < 4.78 is 18.6. The lowest BCUT2D eigenvalue weighted by Crippen LogP contribution is -2.26. The van der Waals surface area contributed by atoms with Crippen LogP contribution in [0.3, 0.4) is 0 Å². The van der Waals surface area contributed by atoms with Gasteiger partial charge in [-0.3, -0.25) is 9.59 Å². The maximum Gasteiger partial charge on any atom is 0.253 e. The maximum atomic E-state index is 13.7. The van der Waals surface area contributed by atoms with E-state index in [9.17, 15) is 14.0 Å². The molecule has 6 heteroatoms. The summed E-state index contributed by atoms with van der Waals surface area (Å²) >= 11 is 0. The molecule has 2 aromatic carbocycles. The highest BCUT2D eigenvalue weighted by Crippen LogP contribution is 2.19. The summed E-state index contributed by atoms with van der Waals surface area (Å²) in [5, 5.41) is 2.64. The molecule has 0 aliphatic carbocycles. The number of nitrogens with zero attached hydrogens (tertiary/aromatic N) is 1. The summed E-state index contributed by atoms with van der Waals surface area (Å²) in [4.78, 5) is 24.9. The first-order chi connectivity index (χ1) is 11.4. The molecule has 5 nitrogen and oxygen atoms in total. The first-order valence-corrected chi connectivity index (χ1v) is 7.36. The predicted molar refractivity (Wildman–Crippen MR) is 89.5 cm³/mol. The standard InChI is InChI=1S/C18H19FN2O3/c1-12(22)20-15-7-5-14(6-8-15)18(23)21(2)11-13-4-9-17(24-3)16(19)10-13/h4-10H,11H2,1-3H3,(H,20,22). The molecule has 126 valence electrons. The predicted octanol–water partition coefficient (Wildman–Crippen LogP) is 3.06. The highest BCUT2D eigenvalue weighted by Gasteiger charge is 2.13. The second-order valence-corrected chi connectivity index (χ2v) is 5.39. The highest BCUT2D eigenvalue weighted by molar-refractivity contribution is 5.95. The summed E-state index contributed by atoms with van der Waals surface area (Å²) in [6, 6.07) is 11.2. The third-order valence-electron chi connectivity index (χ3n) is 3.43. The van der Waals surface area contributed by atoms with Crippen LogP contribution in [0.15, 0.2) is 42.5 Å². The van der Waals surface area contributed by atoms with Crippen molar-refractivity contribution in [2.45, 2.75) is 13.5 Å². The van der Waals surface area contributed by atoms with Crippen LogP contribution in [0.4, 0.5) is 10.1 Å². The Bertz CT molecular complexity index is 744. The molecule has 0 aliphatic heterocycles. The van der Waals surface area contributed by atoms with Crippen LogP contribution >= 0.6 is 0 Å². The van der Waals surface area contributed by atoms with E-state index in [0.717, 1.165) is 0 Å². The van der Waals surface area contributed by atoms with Crippen molar-refractivity contribution in [3.63, 3.8) is 0 Å². The fraction of sp³-hybridized carbons (Fsp3) is 0.222. The molecule has 0 heterocycles. The molecule has 0 aromatic heterocycles. The number of hydrogen-bond donors (Lipinski definition) is 1. The lowest BCUT2D eigenvalue weighted by Gasteiger charge is -2.18. The zero-order chi connectivity index (χ0) is 17.7. The number of anilines is 1. The van der Waals surface area contributed by atoms with Gasteiger partial charge in [0.2, 0.25) is 5.91 Å². The van der Waals surface area contributed by atoms with Gasteiger partial charge < -0.3 is 15.0 Å². The Labute approximate surface area is 140 Å². The largest absolute Gasteiger partial charge is 0.494 e. The van der Waals surface area contributed by atoms with Gasteiger partial charge in [-0.05, 0) is 42.0 Å². The van der Waals surface area contributed by atoms with Crippen LogP contribution in [0.2, 0.25) is 0 Å². The second-order valence-electron chi connectivity index (χ2n) is 5.39. The summed E-state index contributed by atoms with van der Waals surface area (Å²) in [6.07, 6.45) is 0. The summed E-state index contributed by atoms with van der Waals surface area (Å²) in [5.74, 6) is -0.662. The number of methoxy groups -OCH3 is 1. The van der Waals surface area contributed by atoms with Crippen LogP contribution in [0, 0.1) is 5.82 Å². The topological polar surface area (TPSA) is 58.6 Å².